The third-order valence-electron chi connectivity index (χ3n) is 3.53. The molecule has 0 saturated carbocycles. The largest absolute Gasteiger partial charge is 0.475 e. The lowest BCUT2D eigenvalue weighted by Crippen LogP contribution is -2.40. The quantitative estimate of drug-likeness (QED) is 0.443. The summed E-state index contributed by atoms with van der Waals surface area (Å²) in [6, 6.07) is 2.18. The van der Waals surface area contributed by atoms with E-state index in [4.69, 9.17) is 9.47 Å². The molecule has 2 heterocycles. The van der Waals surface area contributed by atoms with Gasteiger partial charge < -0.3 is 20.1 Å². The molecule has 2 rings (SSSR count). The summed E-state index contributed by atoms with van der Waals surface area (Å²) >= 11 is 0. The molecule has 25 heavy (non-hydrogen) atoms. The van der Waals surface area contributed by atoms with Crippen molar-refractivity contribution in [2.24, 2.45) is 4.99 Å². The van der Waals surface area contributed by atoms with E-state index in [1.165, 1.54) is 12.3 Å². The van der Waals surface area contributed by atoms with Crippen LogP contribution in [0.3, 0.4) is 0 Å². The first-order chi connectivity index (χ1) is 12.0. The maximum Gasteiger partial charge on any atom is 0.421 e. The number of ether oxygens (including phenoxy) is 2. The van der Waals surface area contributed by atoms with Gasteiger partial charge in [0.25, 0.3) is 0 Å². The summed E-state index contributed by atoms with van der Waals surface area (Å²) in [6.45, 7) is 4.26. The van der Waals surface area contributed by atoms with Crippen LogP contribution in [0.25, 0.3) is 0 Å². The molecule has 2 N–H and O–H groups in total. The molecule has 1 atom stereocenters. The Kier molecular flexibility index (Phi) is 7.30. The van der Waals surface area contributed by atoms with Crippen molar-refractivity contribution in [1.82, 2.24) is 15.6 Å². The molecule has 1 aliphatic heterocycles. The molecule has 0 bridgehead atoms. The van der Waals surface area contributed by atoms with Gasteiger partial charge in [-0.1, -0.05) is 0 Å². The third kappa shape index (κ3) is 6.41. The Hall–Kier alpha value is -2.03. The molecule has 0 spiro atoms. The normalized spacial score (nSPS) is 18.2. The number of nitrogens with zero attached hydrogens (tertiary/aromatic N) is 2. The second-order valence-corrected chi connectivity index (χ2v) is 5.48. The van der Waals surface area contributed by atoms with Crippen molar-refractivity contribution in [2.75, 3.05) is 32.8 Å². The van der Waals surface area contributed by atoms with E-state index in [2.05, 4.69) is 20.6 Å². The van der Waals surface area contributed by atoms with Gasteiger partial charge in [-0.3, -0.25) is 4.99 Å². The number of aliphatic imine (C=N–C) groups is 1. The molecule has 0 aromatic carbocycles. The maximum absolute atomic E-state index is 12.9. The summed E-state index contributed by atoms with van der Waals surface area (Å²) in [4.78, 5) is 8.07. The standard InChI is InChI=1S/C16H23F3N4O2/c1-2-20-15(23-11-12-5-4-9-24-12)22-8-10-25-14-13(16(17,18)19)6-3-7-21-14/h3,6-7,12H,2,4-5,8-11H2,1H3,(H2,20,22,23). The van der Waals surface area contributed by atoms with Gasteiger partial charge >= 0.3 is 6.18 Å². The van der Waals surface area contributed by atoms with Gasteiger partial charge in [0.2, 0.25) is 5.88 Å². The second kappa shape index (κ2) is 9.45. The van der Waals surface area contributed by atoms with Crippen molar-refractivity contribution in [3.8, 4) is 5.88 Å². The number of nitrogens with one attached hydrogen (secondary N) is 2. The molecule has 0 amide bonds. The number of halogens is 3. The van der Waals surface area contributed by atoms with Crippen LogP contribution in [-0.4, -0.2) is 49.9 Å². The zero-order valence-corrected chi connectivity index (χ0v) is 14.1. The van der Waals surface area contributed by atoms with E-state index in [0.29, 0.717) is 25.6 Å². The minimum atomic E-state index is -4.49. The van der Waals surface area contributed by atoms with Crippen LogP contribution in [0.4, 0.5) is 13.2 Å². The van der Waals surface area contributed by atoms with Gasteiger partial charge in [0, 0.05) is 19.3 Å². The van der Waals surface area contributed by atoms with Crippen LogP contribution in [0.15, 0.2) is 23.3 Å². The number of pyridine rings is 1. The molecule has 1 unspecified atom stereocenters. The lowest BCUT2D eigenvalue weighted by Gasteiger charge is -2.15. The maximum atomic E-state index is 12.9. The topological polar surface area (TPSA) is 67.8 Å². The zero-order valence-electron chi connectivity index (χ0n) is 14.1. The lowest BCUT2D eigenvalue weighted by molar-refractivity contribution is -0.139. The Balaban J connectivity index is 1.81. The molecule has 1 fully saturated rings. The molecule has 1 aromatic rings. The van der Waals surface area contributed by atoms with Crippen LogP contribution in [0, 0.1) is 0 Å². The number of rotatable bonds is 7. The van der Waals surface area contributed by atoms with E-state index >= 15 is 0 Å². The number of alkyl halides is 3. The molecule has 1 aromatic heterocycles. The van der Waals surface area contributed by atoms with Gasteiger partial charge in [0.05, 0.1) is 19.2 Å². The highest BCUT2D eigenvalue weighted by molar-refractivity contribution is 5.79. The van der Waals surface area contributed by atoms with E-state index in [-0.39, 0.29) is 12.7 Å². The van der Waals surface area contributed by atoms with E-state index in [9.17, 15) is 13.2 Å². The predicted octanol–water partition coefficient (Wildman–Crippen LogP) is 2.21. The summed E-state index contributed by atoms with van der Waals surface area (Å²) in [5, 5.41) is 6.10. The van der Waals surface area contributed by atoms with Crippen molar-refractivity contribution in [1.29, 1.82) is 0 Å². The molecular formula is C16H23F3N4O2. The number of hydrogen-bond donors (Lipinski definition) is 2. The molecule has 1 aliphatic rings. The van der Waals surface area contributed by atoms with E-state index < -0.39 is 17.6 Å². The Morgan fingerprint density at radius 3 is 2.96 bits per heavy atom. The Morgan fingerprint density at radius 1 is 1.44 bits per heavy atom. The molecular weight excluding hydrogens is 337 g/mol. The minimum Gasteiger partial charge on any atom is -0.475 e. The van der Waals surface area contributed by atoms with Crippen LogP contribution >= 0.6 is 0 Å². The summed E-state index contributed by atoms with van der Waals surface area (Å²) in [5.41, 5.74) is -0.881. The molecule has 0 radical (unpaired) electrons. The SMILES string of the molecule is CCNC(=NCC1CCCO1)NCCOc1ncccc1C(F)(F)F. The molecule has 140 valence electrons. The van der Waals surface area contributed by atoms with E-state index in [1.54, 1.807) is 0 Å². The molecule has 0 aliphatic carbocycles. The third-order valence-corrected chi connectivity index (χ3v) is 3.53. The first-order valence-corrected chi connectivity index (χ1v) is 8.29. The average molecular weight is 360 g/mol. The fourth-order valence-corrected chi connectivity index (χ4v) is 2.36. The Bertz CT molecular complexity index is 561. The van der Waals surface area contributed by atoms with Gasteiger partial charge in [-0.05, 0) is 31.9 Å². The van der Waals surface area contributed by atoms with Gasteiger partial charge in [0.15, 0.2) is 5.96 Å². The smallest absolute Gasteiger partial charge is 0.421 e. The highest BCUT2D eigenvalue weighted by Crippen LogP contribution is 2.34. The van der Waals surface area contributed by atoms with Crippen LogP contribution in [0.2, 0.25) is 0 Å². The van der Waals surface area contributed by atoms with Crippen LogP contribution in [0.1, 0.15) is 25.3 Å². The van der Waals surface area contributed by atoms with Crippen LogP contribution in [0.5, 0.6) is 5.88 Å². The van der Waals surface area contributed by atoms with Gasteiger partial charge in [-0.25, -0.2) is 4.98 Å². The molecule has 1 saturated heterocycles. The minimum absolute atomic E-state index is 0.0322. The van der Waals surface area contributed by atoms with E-state index in [0.717, 1.165) is 25.5 Å². The van der Waals surface area contributed by atoms with Crippen LogP contribution < -0.4 is 15.4 Å². The Labute approximate surface area is 144 Å². The van der Waals surface area contributed by atoms with Gasteiger partial charge in [-0.2, -0.15) is 13.2 Å². The lowest BCUT2D eigenvalue weighted by atomic mass is 10.2. The summed E-state index contributed by atoms with van der Waals surface area (Å²) in [6.07, 6.45) is -1.05. The van der Waals surface area contributed by atoms with Crippen molar-refractivity contribution < 1.29 is 22.6 Å². The van der Waals surface area contributed by atoms with Crippen molar-refractivity contribution in [2.45, 2.75) is 32.0 Å². The van der Waals surface area contributed by atoms with Crippen molar-refractivity contribution in [3.63, 3.8) is 0 Å². The fourth-order valence-electron chi connectivity index (χ4n) is 2.36. The fraction of sp³-hybridized carbons (Fsp3) is 0.625. The number of aromatic nitrogens is 1. The summed E-state index contributed by atoms with van der Waals surface area (Å²) in [5.74, 6) is 0.164. The highest BCUT2D eigenvalue weighted by Gasteiger charge is 2.34. The molecule has 9 heteroatoms. The first kappa shape index (κ1) is 19.3. The van der Waals surface area contributed by atoms with Gasteiger partial charge in [0.1, 0.15) is 12.2 Å². The van der Waals surface area contributed by atoms with Crippen molar-refractivity contribution >= 4 is 5.96 Å². The first-order valence-electron chi connectivity index (χ1n) is 8.29. The average Bonchev–Trinajstić information content (AvgIpc) is 3.09. The zero-order chi connectivity index (χ0) is 18.1. The monoisotopic (exact) mass is 360 g/mol. The molecule has 6 nitrogen and oxygen atoms in total. The highest BCUT2D eigenvalue weighted by atomic mass is 19.4. The summed E-state index contributed by atoms with van der Waals surface area (Å²) in [7, 11) is 0. The van der Waals surface area contributed by atoms with E-state index in [1.807, 2.05) is 6.92 Å². The van der Waals surface area contributed by atoms with Gasteiger partial charge in [-0.15, -0.1) is 0 Å². The van der Waals surface area contributed by atoms with Crippen molar-refractivity contribution in [3.05, 3.63) is 23.9 Å². The second-order valence-electron chi connectivity index (χ2n) is 5.48. The number of hydrogen-bond acceptors (Lipinski definition) is 4. The van der Waals surface area contributed by atoms with Crippen LogP contribution in [-0.2, 0) is 10.9 Å². The summed E-state index contributed by atoms with van der Waals surface area (Å²) < 4.78 is 49.3. The number of guanidine groups is 1. The Morgan fingerprint density at radius 2 is 2.28 bits per heavy atom. The predicted molar refractivity (Wildman–Crippen MR) is 87.7 cm³/mol.